The molecule has 4 nitrogen and oxygen atoms in total. The van der Waals surface area contributed by atoms with Gasteiger partial charge in [-0.15, -0.1) is 0 Å². The van der Waals surface area contributed by atoms with Crippen molar-refractivity contribution in [2.24, 2.45) is 5.92 Å². The SMILES string of the molecule is O=C(C1CNc2ccccc2C1)N1CCCCCC1CO. The lowest BCUT2D eigenvalue weighted by Gasteiger charge is -2.34. The van der Waals surface area contributed by atoms with Crippen LogP contribution in [0, 0.1) is 5.92 Å². The van der Waals surface area contributed by atoms with Crippen LogP contribution in [0.2, 0.25) is 0 Å². The van der Waals surface area contributed by atoms with E-state index in [1.165, 1.54) is 5.56 Å². The van der Waals surface area contributed by atoms with Crippen molar-refractivity contribution in [2.45, 2.75) is 38.1 Å². The Kier molecular flexibility index (Phi) is 4.44. The van der Waals surface area contributed by atoms with E-state index in [9.17, 15) is 9.90 Å². The van der Waals surface area contributed by atoms with Crippen LogP contribution in [0.4, 0.5) is 5.69 Å². The van der Waals surface area contributed by atoms with Gasteiger partial charge in [0.15, 0.2) is 0 Å². The maximum atomic E-state index is 12.9. The van der Waals surface area contributed by atoms with Crippen molar-refractivity contribution < 1.29 is 9.90 Å². The van der Waals surface area contributed by atoms with Crippen LogP contribution >= 0.6 is 0 Å². The van der Waals surface area contributed by atoms with Gasteiger partial charge in [-0.1, -0.05) is 31.0 Å². The highest BCUT2D eigenvalue weighted by atomic mass is 16.3. The number of hydrogen-bond donors (Lipinski definition) is 2. The second-order valence-corrected chi connectivity index (χ2v) is 6.16. The Balaban J connectivity index is 1.73. The molecule has 2 atom stereocenters. The first-order valence-corrected chi connectivity index (χ1v) is 8.02. The number of rotatable bonds is 2. The second-order valence-electron chi connectivity index (χ2n) is 6.16. The first-order chi connectivity index (χ1) is 10.3. The molecule has 1 amide bonds. The van der Waals surface area contributed by atoms with E-state index in [1.807, 2.05) is 17.0 Å². The first-order valence-electron chi connectivity index (χ1n) is 8.02. The Hall–Kier alpha value is -1.55. The molecule has 0 radical (unpaired) electrons. The molecule has 0 aromatic heterocycles. The lowest BCUT2D eigenvalue weighted by atomic mass is 9.92. The number of aliphatic hydroxyl groups is 1. The average Bonchev–Trinajstić information content (AvgIpc) is 2.79. The molecule has 21 heavy (non-hydrogen) atoms. The molecule has 0 bridgehead atoms. The molecular weight excluding hydrogens is 264 g/mol. The van der Waals surface area contributed by atoms with Crippen LogP contribution in [0.1, 0.15) is 31.2 Å². The first kappa shape index (κ1) is 14.4. The topological polar surface area (TPSA) is 52.6 Å². The number of nitrogens with zero attached hydrogens (tertiary/aromatic N) is 1. The zero-order valence-electron chi connectivity index (χ0n) is 12.4. The molecule has 1 fully saturated rings. The summed E-state index contributed by atoms with van der Waals surface area (Å²) in [5, 5.41) is 13.0. The van der Waals surface area contributed by atoms with Gasteiger partial charge in [-0.2, -0.15) is 0 Å². The number of benzene rings is 1. The van der Waals surface area contributed by atoms with Crippen LogP contribution in [0.5, 0.6) is 0 Å². The zero-order chi connectivity index (χ0) is 14.7. The number of nitrogens with one attached hydrogen (secondary N) is 1. The summed E-state index contributed by atoms with van der Waals surface area (Å²) in [6.07, 6.45) is 5.06. The standard InChI is InChI=1S/C17H24N2O2/c20-12-15-7-2-1-5-9-19(15)17(21)14-10-13-6-3-4-8-16(13)18-11-14/h3-4,6,8,14-15,18,20H,1-2,5,7,9-12H2. The van der Waals surface area contributed by atoms with E-state index in [2.05, 4.69) is 17.4 Å². The van der Waals surface area contributed by atoms with E-state index in [0.29, 0.717) is 6.54 Å². The van der Waals surface area contributed by atoms with E-state index in [0.717, 1.165) is 44.3 Å². The summed E-state index contributed by atoms with van der Waals surface area (Å²) < 4.78 is 0. The third-order valence-electron chi connectivity index (χ3n) is 4.74. The fourth-order valence-electron chi connectivity index (χ4n) is 3.51. The lowest BCUT2D eigenvalue weighted by molar-refractivity contribution is -0.138. The molecular formula is C17H24N2O2. The van der Waals surface area contributed by atoms with Gasteiger partial charge >= 0.3 is 0 Å². The van der Waals surface area contributed by atoms with Crippen LogP contribution in [-0.4, -0.2) is 41.7 Å². The Morgan fingerprint density at radius 2 is 2.14 bits per heavy atom. The third kappa shape index (κ3) is 3.05. The third-order valence-corrected chi connectivity index (χ3v) is 4.74. The van der Waals surface area contributed by atoms with Gasteiger partial charge in [0, 0.05) is 18.8 Å². The summed E-state index contributed by atoms with van der Waals surface area (Å²) in [6, 6.07) is 8.21. The fourth-order valence-corrected chi connectivity index (χ4v) is 3.51. The van der Waals surface area contributed by atoms with Crippen LogP contribution < -0.4 is 5.32 Å². The van der Waals surface area contributed by atoms with Crippen molar-refractivity contribution in [3.63, 3.8) is 0 Å². The largest absolute Gasteiger partial charge is 0.394 e. The summed E-state index contributed by atoms with van der Waals surface area (Å²) in [5.74, 6) is 0.199. The van der Waals surface area contributed by atoms with E-state index >= 15 is 0 Å². The number of fused-ring (bicyclic) bond motifs is 1. The highest BCUT2D eigenvalue weighted by Gasteiger charge is 2.32. The van der Waals surface area contributed by atoms with Crippen LogP contribution in [0.25, 0.3) is 0 Å². The van der Waals surface area contributed by atoms with Crippen molar-refractivity contribution in [1.82, 2.24) is 4.90 Å². The molecule has 1 aromatic rings. The van der Waals surface area contributed by atoms with Crippen molar-refractivity contribution in [3.05, 3.63) is 29.8 Å². The highest BCUT2D eigenvalue weighted by Crippen LogP contribution is 2.27. The van der Waals surface area contributed by atoms with Crippen LogP contribution in [0.15, 0.2) is 24.3 Å². The lowest BCUT2D eigenvalue weighted by Crippen LogP contribution is -2.47. The summed E-state index contributed by atoms with van der Waals surface area (Å²) in [4.78, 5) is 14.8. The minimum absolute atomic E-state index is 0.00736. The average molecular weight is 288 g/mol. The van der Waals surface area contributed by atoms with Gasteiger partial charge in [-0.3, -0.25) is 4.79 Å². The molecule has 0 aliphatic carbocycles. The predicted octanol–water partition coefficient (Wildman–Crippen LogP) is 2.03. The molecule has 2 heterocycles. The zero-order valence-corrected chi connectivity index (χ0v) is 12.4. The number of likely N-dealkylation sites (tertiary alicyclic amines) is 1. The van der Waals surface area contributed by atoms with Gasteiger partial charge in [0.05, 0.1) is 18.6 Å². The van der Waals surface area contributed by atoms with E-state index < -0.39 is 0 Å². The molecule has 3 rings (SSSR count). The van der Waals surface area contributed by atoms with Crippen molar-refractivity contribution in [2.75, 3.05) is 25.0 Å². The summed E-state index contributed by atoms with van der Waals surface area (Å²) >= 11 is 0. The molecule has 2 N–H and O–H groups in total. The predicted molar refractivity (Wildman–Crippen MR) is 83.2 cm³/mol. The Labute approximate surface area is 126 Å². The Bertz CT molecular complexity index is 503. The normalized spacial score (nSPS) is 25.7. The molecule has 0 spiro atoms. The minimum Gasteiger partial charge on any atom is -0.394 e. The number of anilines is 1. The van der Waals surface area contributed by atoms with Crippen molar-refractivity contribution >= 4 is 11.6 Å². The Morgan fingerprint density at radius 1 is 1.29 bits per heavy atom. The number of amides is 1. The van der Waals surface area contributed by atoms with E-state index in [4.69, 9.17) is 0 Å². The van der Waals surface area contributed by atoms with Gasteiger partial charge < -0.3 is 15.3 Å². The smallest absolute Gasteiger partial charge is 0.228 e. The van der Waals surface area contributed by atoms with Crippen molar-refractivity contribution in [3.8, 4) is 0 Å². The molecule has 4 heteroatoms. The van der Waals surface area contributed by atoms with Crippen LogP contribution in [-0.2, 0) is 11.2 Å². The van der Waals surface area contributed by atoms with E-state index in [-0.39, 0.29) is 24.5 Å². The van der Waals surface area contributed by atoms with Crippen molar-refractivity contribution in [1.29, 1.82) is 0 Å². The number of carbonyl (C=O) groups is 1. The highest BCUT2D eigenvalue weighted by molar-refractivity contribution is 5.81. The molecule has 1 saturated heterocycles. The Morgan fingerprint density at radius 3 is 3.00 bits per heavy atom. The number of hydrogen-bond acceptors (Lipinski definition) is 3. The van der Waals surface area contributed by atoms with Gasteiger partial charge in [0.1, 0.15) is 0 Å². The minimum atomic E-state index is -0.00736. The molecule has 2 unspecified atom stereocenters. The summed E-state index contributed by atoms with van der Waals surface area (Å²) in [7, 11) is 0. The summed E-state index contributed by atoms with van der Waals surface area (Å²) in [5.41, 5.74) is 2.37. The summed E-state index contributed by atoms with van der Waals surface area (Å²) in [6.45, 7) is 1.58. The van der Waals surface area contributed by atoms with Crippen LogP contribution in [0.3, 0.4) is 0 Å². The fraction of sp³-hybridized carbons (Fsp3) is 0.588. The number of carbonyl (C=O) groups excluding carboxylic acids is 1. The molecule has 2 aliphatic rings. The quantitative estimate of drug-likeness (QED) is 0.875. The van der Waals surface area contributed by atoms with E-state index in [1.54, 1.807) is 0 Å². The van der Waals surface area contributed by atoms with Gasteiger partial charge in [-0.25, -0.2) is 0 Å². The number of aliphatic hydroxyl groups excluding tert-OH is 1. The maximum Gasteiger partial charge on any atom is 0.228 e. The molecule has 1 aromatic carbocycles. The monoisotopic (exact) mass is 288 g/mol. The molecule has 2 aliphatic heterocycles. The maximum absolute atomic E-state index is 12.9. The molecule has 0 saturated carbocycles. The second kappa shape index (κ2) is 6.48. The van der Waals surface area contributed by atoms with Gasteiger partial charge in [-0.05, 0) is 30.9 Å². The molecule has 114 valence electrons. The number of para-hydroxylation sites is 1. The van der Waals surface area contributed by atoms with Gasteiger partial charge in [0.2, 0.25) is 5.91 Å². The van der Waals surface area contributed by atoms with Gasteiger partial charge in [0.25, 0.3) is 0 Å².